The van der Waals surface area contributed by atoms with Crippen LogP contribution in [0, 0.1) is 0 Å². The van der Waals surface area contributed by atoms with Crippen molar-refractivity contribution in [3.05, 3.63) is 54.6 Å². The number of aromatic nitrogens is 3. The predicted molar refractivity (Wildman–Crippen MR) is 132 cm³/mol. The minimum atomic E-state index is 0.530. The fraction of sp³-hybridized carbons (Fsp3) is 0.231. The quantitative estimate of drug-likeness (QED) is 0.344. The predicted octanol–water partition coefficient (Wildman–Crippen LogP) is 4.65. The van der Waals surface area contributed by atoms with E-state index >= 15 is 0 Å². The molecule has 0 radical (unpaired) electrons. The molecule has 0 bridgehead atoms. The molecule has 0 atom stereocenters. The highest BCUT2D eigenvalue weighted by Gasteiger charge is 2.25. The minimum absolute atomic E-state index is 0.530. The lowest BCUT2D eigenvalue weighted by Gasteiger charge is -2.15. The lowest BCUT2D eigenvalue weighted by atomic mass is 10.0. The Balaban J connectivity index is 2.04. The summed E-state index contributed by atoms with van der Waals surface area (Å²) in [5, 5.41) is 9.68. The molecule has 1 heterocycles. The van der Waals surface area contributed by atoms with Gasteiger partial charge < -0.3 is 28.4 Å². The van der Waals surface area contributed by atoms with Crippen molar-refractivity contribution < 1.29 is 28.4 Å². The summed E-state index contributed by atoms with van der Waals surface area (Å²) in [6, 6.07) is 16.8. The molecule has 1 aromatic heterocycles. The van der Waals surface area contributed by atoms with Crippen LogP contribution in [0.2, 0.25) is 0 Å². The van der Waals surface area contributed by atoms with Crippen LogP contribution in [0.15, 0.2) is 54.6 Å². The third-order valence-electron chi connectivity index (χ3n) is 5.52. The van der Waals surface area contributed by atoms with Crippen molar-refractivity contribution >= 4 is 0 Å². The van der Waals surface area contributed by atoms with Gasteiger partial charge in [0.15, 0.2) is 23.0 Å². The first-order chi connectivity index (χ1) is 17.1. The molecule has 182 valence electrons. The Bertz CT molecular complexity index is 1240. The molecule has 9 nitrogen and oxygen atoms in total. The second-order valence-electron chi connectivity index (χ2n) is 7.34. The average molecular weight is 478 g/mol. The van der Waals surface area contributed by atoms with E-state index in [2.05, 4.69) is 0 Å². The molecule has 35 heavy (non-hydrogen) atoms. The molecule has 0 aliphatic carbocycles. The maximum atomic E-state index is 5.70. The zero-order valence-electron chi connectivity index (χ0n) is 20.5. The van der Waals surface area contributed by atoms with Gasteiger partial charge in [-0.2, -0.15) is 4.80 Å². The van der Waals surface area contributed by atoms with Gasteiger partial charge in [-0.1, -0.05) is 18.2 Å². The summed E-state index contributed by atoms with van der Waals surface area (Å²) in [5.41, 5.74) is 3.23. The van der Waals surface area contributed by atoms with E-state index in [4.69, 9.17) is 38.6 Å². The molecule has 4 rings (SSSR count). The first-order valence-electron chi connectivity index (χ1n) is 10.7. The summed E-state index contributed by atoms with van der Waals surface area (Å²) in [6.07, 6.45) is 0. The van der Waals surface area contributed by atoms with Crippen molar-refractivity contribution in [2.45, 2.75) is 0 Å². The Kier molecular flexibility index (Phi) is 6.96. The Hall–Kier alpha value is -4.40. The zero-order valence-corrected chi connectivity index (χ0v) is 20.5. The van der Waals surface area contributed by atoms with Crippen molar-refractivity contribution in [1.82, 2.24) is 15.0 Å². The largest absolute Gasteiger partial charge is 0.496 e. The van der Waals surface area contributed by atoms with Crippen molar-refractivity contribution in [2.75, 3.05) is 42.7 Å². The normalized spacial score (nSPS) is 10.6. The summed E-state index contributed by atoms with van der Waals surface area (Å²) in [7, 11) is 9.47. The molecule has 0 aliphatic heterocycles. The van der Waals surface area contributed by atoms with Gasteiger partial charge in [0.25, 0.3) is 0 Å². The molecular weight excluding hydrogens is 450 g/mol. The summed E-state index contributed by atoms with van der Waals surface area (Å²) < 4.78 is 33.4. The van der Waals surface area contributed by atoms with Crippen LogP contribution in [0.25, 0.3) is 28.2 Å². The van der Waals surface area contributed by atoms with Gasteiger partial charge in [-0.05, 0) is 24.3 Å². The molecule has 9 heteroatoms. The molecular formula is C26H27N3O6. The van der Waals surface area contributed by atoms with Gasteiger partial charge in [-0.15, -0.1) is 10.2 Å². The van der Waals surface area contributed by atoms with Crippen LogP contribution in [0.1, 0.15) is 0 Å². The van der Waals surface area contributed by atoms with Gasteiger partial charge in [0.1, 0.15) is 22.9 Å². The number of rotatable bonds is 9. The van der Waals surface area contributed by atoms with Gasteiger partial charge in [0.05, 0.1) is 59.5 Å². The molecule has 3 aromatic carbocycles. The van der Waals surface area contributed by atoms with Crippen LogP contribution < -0.4 is 28.4 Å². The number of para-hydroxylation sites is 1. The first-order valence-corrected chi connectivity index (χ1v) is 10.7. The number of nitrogens with zero attached hydrogens (tertiary/aromatic N) is 3. The van der Waals surface area contributed by atoms with E-state index in [9.17, 15) is 0 Å². The molecule has 0 unspecified atom stereocenters. The van der Waals surface area contributed by atoms with E-state index in [1.807, 2.05) is 42.5 Å². The average Bonchev–Trinajstić information content (AvgIpc) is 3.36. The molecule has 0 amide bonds. The van der Waals surface area contributed by atoms with E-state index in [-0.39, 0.29) is 0 Å². The molecule has 0 saturated heterocycles. The van der Waals surface area contributed by atoms with Crippen molar-refractivity contribution in [3.63, 3.8) is 0 Å². The summed E-state index contributed by atoms with van der Waals surface area (Å²) in [5.74, 6) is 3.22. The minimum Gasteiger partial charge on any atom is -0.496 e. The van der Waals surface area contributed by atoms with Gasteiger partial charge in [0.2, 0.25) is 0 Å². The van der Waals surface area contributed by atoms with Crippen LogP contribution in [0.5, 0.6) is 34.5 Å². The third-order valence-corrected chi connectivity index (χ3v) is 5.52. The van der Waals surface area contributed by atoms with Crippen LogP contribution in [-0.2, 0) is 0 Å². The smallest absolute Gasteiger partial charge is 0.164 e. The molecule has 0 fully saturated rings. The lowest BCUT2D eigenvalue weighted by molar-refractivity contribution is 0.349. The standard InChI is InChI=1S/C26H27N3O6/c1-30-19-14-23(34-5)21(32-3)12-17(19)25-26(28-29(27-25)16-10-8-7-9-11-16)18-13-22(33-4)24(35-6)15-20(18)31-2/h7-15H,1-6H3. The fourth-order valence-corrected chi connectivity index (χ4v) is 3.77. The Labute approximate surface area is 203 Å². The summed E-state index contributed by atoms with van der Waals surface area (Å²) in [4.78, 5) is 1.57. The summed E-state index contributed by atoms with van der Waals surface area (Å²) in [6.45, 7) is 0. The molecule has 0 N–H and O–H groups in total. The molecule has 0 aliphatic rings. The van der Waals surface area contributed by atoms with Crippen LogP contribution in [-0.4, -0.2) is 57.7 Å². The highest BCUT2D eigenvalue weighted by molar-refractivity contribution is 5.86. The maximum absolute atomic E-state index is 5.70. The highest BCUT2D eigenvalue weighted by atomic mass is 16.5. The van der Waals surface area contributed by atoms with Gasteiger partial charge in [0, 0.05) is 12.1 Å². The highest BCUT2D eigenvalue weighted by Crippen LogP contribution is 2.46. The molecule has 0 spiro atoms. The Morgan fingerprint density at radius 1 is 0.486 bits per heavy atom. The van der Waals surface area contributed by atoms with E-state index < -0.39 is 0 Å². The maximum Gasteiger partial charge on any atom is 0.164 e. The van der Waals surface area contributed by atoms with Crippen LogP contribution in [0.3, 0.4) is 0 Å². The second kappa shape index (κ2) is 10.3. The van der Waals surface area contributed by atoms with Crippen LogP contribution >= 0.6 is 0 Å². The number of hydrogen-bond donors (Lipinski definition) is 0. The number of methoxy groups -OCH3 is 6. The number of ether oxygens (including phenoxy) is 6. The third kappa shape index (κ3) is 4.40. The van der Waals surface area contributed by atoms with E-state index in [0.717, 1.165) is 5.69 Å². The van der Waals surface area contributed by atoms with Gasteiger partial charge in [-0.25, -0.2) is 0 Å². The van der Waals surface area contributed by atoms with Crippen molar-refractivity contribution in [2.24, 2.45) is 0 Å². The Morgan fingerprint density at radius 3 is 1.23 bits per heavy atom. The van der Waals surface area contributed by atoms with E-state index in [1.54, 1.807) is 59.6 Å². The van der Waals surface area contributed by atoms with Crippen molar-refractivity contribution in [1.29, 1.82) is 0 Å². The lowest BCUT2D eigenvalue weighted by Crippen LogP contribution is -1.99. The van der Waals surface area contributed by atoms with Gasteiger partial charge >= 0.3 is 0 Å². The van der Waals surface area contributed by atoms with Crippen molar-refractivity contribution in [3.8, 4) is 62.7 Å². The zero-order chi connectivity index (χ0) is 24.9. The number of hydrogen-bond acceptors (Lipinski definition) is 8. The SMILES string of the molecule is COc1cc(OC)c(-c2nn(-c3ccccc3)nc2-c2cc(OC)c(OC)cc2OC)cc1OC. The van der Waals surface area contributed by atoms with Gasteiger partial charge in [-0.3, -0.25) is 0 Å². The second-order valence-corrected chi connectivity index (χ2v) is 7.34. The number of benzene rings is 3. The summed E-state index contributed by atoms with van der Waals surface area (Å²) >= 11 is 0. The Morgan fingerprint density at radius 2 is 0.857 bits per heavy atom. The monoisotopic (exact) mass is 477 g/mol. The first kappa shape index (κ1) is 23.7. The van der Waals surface area contributed by atoms with E-state index in [1.165, 1.54) is 0 Å². The topological polar surface area (TPSA) is 86.1 Å². The molecule has 4 aromatic rings. The van der Waals surface area contributed by atoms with Crippen LogP contribution in [0.4, 0.5) is 0 Å². The van der Waals surface area contributed by atoms with E-state index in [0.29, 0.717) is 57.0 Å². The fourth-order valence-electron chi connectivity index (χ4n) is 3.77. The molecule has 0 saturated carbocycles.